The first-order valence-corrected chi connectivity index (χ1v) is 5.97. The van der Waals surface area contributed by atoms with Gasteiger partial charge in [0.2, 0.25) is 0 Å². The van der Waals surface area contributed by atoms with Gasteiger partial charge >= 0.3 is 11.9 Å². The lowest BCUT2D eigenvalue weighted by molar-refractivity contribution is -0.157. The quantitative estimate of drug-likeness (QED) is 0.630. The average molecular weight is 289 g/mol. The number of carbonyl (C=O) groups is 2. The first-order chi connectivity index (χ1) is 9.02. The molecule has 0 amide bonds. The van der Waals surface area contributed by atoms with Crippen molar-refractivity contribution in [2.24, 2.45) is 0 Å². The summed E-state index contributed by atoms with van der Waals surface area (Å²) in [7, 11) is 0. The van der Waals surface area contributed by atoms with Crippen LogP contribution in [-0.4, -0.2) is 35.1 Å². The minimum absolute atomic E-state index is 0.0789. The van der Waals surface area contributed by atoms with Crippen LogP contribution in [-0.2, 0) is 19.1 Å². The molecule has 0 spiro atoms. The van der Waals surface area contributed by atoms with Gasteiger partial charge in [0.05, 0.1) is 25.2 Å². The number of carbonyl (C=O) groups excluding carboxylic acids is 2. The van der Waals surface area contributed by atoms with Crippen molar-refractivity contribution in [3.05, 3.63) is 27.4 Å². The lowest BCUT2D eigenvalue weighted by atomic mass is 10.1. The molecule has 7 nitrogen and oxygen atoms in total. The van der Waals surface area contributed by atoms with E-state index in [0.717, 1.165) is 6.33 Å². The van der Waals surface area contributed by atoms with Gasteiger partial charge in [0.25, 0.3) is 5.56 Å². The molecule has 0 bridgehead atoms. The van der Waals surface area contributed by atoms with Crippen molar-refractivity contribution in [1.29, 1.82) is 0 Å². The molecule has 1 heterocycles. The number of nitrogens with zero attached hydrogens (tertiary/aromatic N) is 1. The summed E-state index contributed by atoms with van der Waals surface area (Å²) in [4.78, 5) is 40.9. The zero-order valence-corrected chi connectivity index (χ0v) is 11.2. The molecule has 0 aromatic carbocycles. The highest BCUT2D eigenvalue weighted by molar-refractivity contribution is 6.31. The Morgan fingerprint density at radius 1 is 1.32 bits per heavy atom. The van der Waals surface area contributed by atoms with Crippen molar-refractivity contribution < 1.29 is 19.1 Å². The minimum atomic E-state index is -1.46. The lowest BCUT2D eigenvalue weighted by Crippen LogP contribution is -2.29. The lowest BCUT2D eigenvalue weighted by Gasteiger charge is -2.14. The Morgan fingerprint density at radius 3 is 2.32 bits per heavy atom. The summed E-state index contributed by atoms with van der Waals surface area (Å²) >= 11 is 5.75. The Balaban J connectivity index is 3.23. The summed E-state index contributed by atoms with van der Waals surface area (Å²) < 4.78 is 9.54. The van der Waals surface area contributed by atoms with Crippen LogP contribution in [0.1, 0.15) is 25.5 Å². The van der Waals surface area contributed by atoms with Crippen LogP contribution in [0.4, 0.5) is 0 Å². The Bertz CT molecular complexity index is 510. The summed E-state index contributed by atoms with van der Waals surface area (Å²) in [5.41, 5.74) is -0.826. The predicted molar refractivity (Wildman–Crippen MR) is 65.9 cm³/mol. The van der Waals surface area contributed by atoms with Gasteiger partial charge in [-0.25, -0.2) is 4.98 Å². The maximum absolute atomic E-state index is 11.8. The molecule has 1 rings (SSSR count). The van der Waals surface area contributed by atoms with Crippen LogP contribution in [0.15, 0.2) is 11.1 Å². The topological polar surface area (TPSA) is 98.3 Å². The Labute approximate surface area is 113 Å². The fourth-order valence-corrected chi connectivity index (χ4v) is 1.58. The molecular formula is C11H13ClN2O5. The molecule has 0 saturated heterocycles. The van der Waals surface area contributed by atoms with E-state index in [1.165, 1.54) is 0 Å². The second-order valence-electron chi connectivity index (χ2n) is 3.37. The number of nitrogens with one attached hydrogen (secondary N) is 1. The molecular weight excluding hydrogens is 276 g/mol. The summed E-state index contributed by atoms with van der Waals surface area (Å²) in [5, 5.41) is -0.339. The molecule has 8 heteroatoms. The minimum Gasteiger partial charge on any atom is -0.465 e. The third-order valence-corrected chi connectivity index (χ3v) is 2.51. The van der Waals surface area contributed by atoms with Crippen LogP contribution >= 0.6 is 11.6 Å². The van der Waals surface area contributed by atoms with E-state index in [2.05, 4.69) is 9.97 Å². The second kappa shape index (κ2) is 6.89. The third-order valence-electron chi connectivity index (χ3n) is 2.14. The number of esters is 2. The van der Waals surface area contributed by atoms with Gasteiger partial charge in [0.15, 0.2) is 5.92 Å². The zero-order valence-electron chi connectivity index (χ0n) is 10.4. The molecule has 104 valence electrons. The van der Waals surface area contributed by atoms with Crippen molar-refractivity contribution >= 4 is 23.5 Å². The number of hydrogen-bond donors (Lipinski definition) is 1. The van der Waals surface area contributed by atoms with Crippen molar-refractivity contribution in [3.63, 3.8) is 0 Å². The number of halogens is 1. The first-order valence-electron chi connectivity index (χ1n) is 5.59. The number of rotatable bonds is 5. The predicted octanol–water partition coefficient (Wildman–Crippen LogP) is 0.633. The maximum atomic E-state index is 11.8. The largest absolute Gasteiger partial charge is 0.465 e. The fourth-order valence-electron chi connectivity index (χ4n) is 1.37. The standard InChI is InChI=1S/C11H13ClN2O5/c1-3-18-10(16)6(11(17)19-4-2)8-7(12)9(15)14-5-13-8/h5-6H,3-4H2,1-2H3,(H,13,14,15). The average Bonchev–Trinajstić information content (AvgIpc) is 2.35. The number of aromatic nitrogens is 2. The van der Waals surface area contributed by atoms with Gasteiger partial charge < -0.3 is 14.5 Å². The van der Waals surface area contributed by atoms with Crippen molar-refractivity contribution in [2.75, 3.05) is 13.2 Å². The van der Waals surface area contributed by atoms with Gasteiger partial charge in [0, 0.05) is 0 Å². The fraction of sp³-hybridized carbons (Fsp3) is 0.455. The SMILES string of the molecule is CCOC(=O)C(C(=O)OCC)c1nc[nH]c(=O)c1Cl. The second-order valence-corrected chi connectivity index (χ2v) is 3.75. The molecule has 0 saturated carbocycles. The number of aromatic amines is 1. The molecule has 1 N–H and O–H groups in total. The molecule has 0 aliphatic heterocycles. The van der Waals surface area contributed by atoms with Crippen LogP contribution in [0.5, 0.6) is 0 Å². The molecule has 0 aliphatic carbocycles. The molecule has 1 aromatic rings. The molecule has 0 radical (unpaired) electrons. The van der Waals surface area contributed by atoms with Crippen LogP contribution < -0.4 is 5.56 Å². The van der Waals surface area contributed by atoms with Crippen LogP contribution in [0, 0.1) is 0 Å². The smallest absolute Gasteiger partial charge is 0.326 e. The van der Waals surface area contributed by atoms with E-state index < -0.39 is 23.4 Å². The van der Waals surface area contributed by atoms with Crippen molar-refractivity contribution in [3.8, 4) is 0 Å². The van der Waals surface area contributed by atoms with Crippen molar-refractivity contribution in [2.45, 2.75) is 19.8 Å². The highest BCUT2D eigenvalue weighted by Gasteiger charge is 2.35. The van der Waals surface area contributed by atoms with E-state index in [1.54, 1.807) is 13.8 Å². The van der Waals surface area contributed by atoms with E-state index in [9.17, 15) is 14.4 Å². The van der Waals surface area contributed by atoms with Crippen LogP contribution in [0.2, 0.25) is 5.02 Å². The van der Waals surface area contributed by atoms with E-state index in [0.29, 0.717) is 0 Å². The van der Waals surface area contributed by atoms with Gasteiger partial charge in [0.1, 0.15) is 5.02 Å². The highest BCUT2D eigenvalue weighted by atomic mass is 35.5. The molecule has 19 heavy (non-hydrogen) atoms. The van der Waals surface area contributed by atoms with Gasteiger partial charge in [-0.2, -0.15) is 0 Å². The number of ether oxygens (including phenoxy) is 2. The Kier molecular flexibility index (Phi) is 5.50. The van der Waals surface area contributed by atoms with Gasteiger partial charge in [-0.1, -0.05) is 11.6 Å². The molecule has 1 aromatic heterocycles. The summed E-state index contributed by atoms with van der Waals surface area (Å²) in [5.74, 6) is -3.18. The summed E-state index contributed by atoms with van der Waals surface area (Å²) in [6.45, 7) is 3.34. The molecule has 0 unspecified atom stereocenters. The van der Waals surface area contributed by atoms with Gasteiger partial charge in [-0.3, -0.25) is 14.4 Å². The number of H-pyrrole nitrogens is 1. The van der Waals surface area contributed by atoms with E-state index in [1.807, 2.05) is 0 Å². The zero-order chi connectivity index (χ0) is 14.4. The van der Waals surface area contributed by atoms with E-state index >= 15 is 0 Å². The van der Waals surface area contributed by atoms with E-state index in [4.69, 9.17) is 21.1 Å². The number of hydrogen-bond acceptors (Lipinski definition) is 6. The van der Waals surface area contributed by atoms with Gasteiger partial charge in [-0.15, -0.1) is 0 Å². The summed E-state index contributed by atoms with van der Waals surface area (Å²) in [6.07, 6.45) is 1.05. The normalized spacial score (nSPS) is 10.3. The monoisotopic (exact) mass is 288 g/mol. The van der Waals surface area contributed by atoms with E-state index in [-0.39, 0.29) is 23.9 Å². The maximum Gasteiger partial charge on any atom is 0.326 e. The molecule has 0 atom stereocenters. The Hall–Kier alpha value is -1.89. The van der Waals surface area contributed by atoms with Crippen molar-refractivity contribution in [1.82, 2.24) is 9.97 Å². The molecule has 0 fully saturated rings. The van der Waals surface area contributed by atoms with Crippen LogP contribution in [0.25, 0.3) is 0 Å². The Morgan fingerprint density at radius 2 is 1.84 bits per heavy atom. The third kappa shape index (κ3) is 3.54. The summed E-state index contributed by atoms with van der Waals surface area (Å²) in [6, 6.07) is 0. The van der Waals surface area contributed by atoms with Crippen LogP contribution in [0.3, 0.4) is 0 Å². The van der Waals surface area contributed by atoms with Gasteiger partial charge in [-0.05, 0) is 13.8 Å². The highest BCUT2D eigenvalue weighted by Crippen LogP contribution is 2.22. The first kappa shape index (κ1) is 15.2. The molecule has 0 aliphatic rings.